The van der Waals surface area contributed by atoms with Gasteiger partial charge in [-0.3, -0.25) is 5.32 Å². The average Bonchev–Trinajstić information content (AvgIpc) is 2.53. The number of nitrogens with one attached hydrogen (secondary N) is 2. The summed E-state index contributed by atoms with van der Waals surface area (Å²) in [5.74, 6) is 1.23. The first kappa shape index (κ1) is 10.7. The lowest BCUT2D eigenvalue weighted by atomic mass is 10.4. The Morgan fingerprint density at radius 2 is 2.58 bits per heavy atom. The van der Waals surface area contributed by atoms with Crippen LogP contribution in [0.1, 0.15) is 19.8 Å². The van der Waals surface area contributed by atoms with Crippen LogP contribution in [0.4, 0.5) is 0 Å². The molecule has 3 nitrogen and oxygen atoms in total. The number of unbranched alkanes of at least 4 members (excludes halogenated alkanes) is 1. The van der Waals surface area contributed by atoms with Crippen molar-refractivity contribution in [3.05, 3.63) is 0 Å². The van der Waals surface area contributed by atoms with Crippen molar-refractivity contribution in [2.75, 3.05) is 12.3 Å². The highest BCUT2D eigenvalue weighted by atomic mass is 32.2. The van der Waals surface area contributed by atoms with Crippen LogP contribution < -0.4 is 10.8 Å². The minimum Gasteiger partial charge on any atom is -0.314 e. The third-order valence-corrected chi connectivity index (χ3v) is 4.50. The Labute approximate surface area is 82.0 Å². The fraction of sp³-hybridized carbons (Fsp3) is 1.00. The van der Waals surface area contributed by atoms with Crippen molar-refractivity contribution >= 4 is 23.5 Å². The zero-order chi connectivity index (χ0) is 8.81. The third-order valence-electron chi connectivity index (χ3n) is 1.68. The van der Waals surface area contributed by atoms with Crippen molar-refractivity contribution in [3.63, 3.8) is 0 Å². The van der Waals surface area contributed by atoms with E-state index in [9.17, 15) is 0 Å². The summed E-state index contributed by atoms with van der Waals surface area (Å²) in [6.07, 6.45) is 2.55. The Morgan fingerprint density at radius 1 is 1.75 bits per heavy atom. The molecule has 1 aliphatic rings. The van der Waals surface area contributed by atoms with Crippen LogP contribution in [-0.2, 0) is 0 Å². The summed E-state index contributed by atoms with van der Waals surface area (Å²) in [5.41, 5.74) is 2.25. The molecular weight excluding hydrogens is 192 g/mol. The zero-order valence-corrected chi connectivity index (χ0v) is 8.88. The summed E-state index contributed by atoms with van der Waals surface area (Å²) in [4.78, 5) is 0. The first-order valence-electron chi connectivity index (χ1n) is 4.27. The lowest BCUT2D eigenvalue weighted by molar-refractivity contribution is 0.148. The highest BCUT2D eigenvalue weighted by molar-refractivity contribution is 8.17. The maximum Gasteiger partial charge on any atom is 0.129 e. The number of hydroxylamine groups is 1. The van der Waals surface area contributed by atoms with Gasteiger partial charge in [0.15, 0.2) is 0 Å². The summed E-state index contributed by atoms with van der Waals surface area (Å²) in [5, 5.41) is 11.8. The quantitative estimate of drug-likeness (QED) is 0.471. The van der Waals surface area contributed by atoms with Gasteiger partial charge in [-0.25, -0.2) is 0 Å². The van der Waals surface area contributed by atoms with E-state index in [1.807, 2.05) is 11.8 Å². The Bertz CT molecular complexity index is 126. The van der Waals surface area contributed by atoms with Crippen LogP contribution in [0, 0.1) is 0 Å². The molecule has 1 rings (SSSR count). The van der Waals surface area contributed by atoms with E-state index in [1.54, 1.807) is 11.8 Å². The minimum atomic E-state index is 0.0316. The molecule has 2 atom stereocenters. The van der Waals surface area contributed by atoms with E-state index in [1.165, 1.54) is 18.6 Å². The smallest absolute Gasteiger partial charge is 0.129 e. The van der Waals surface area contributed by atoms with E-state index in [4.69, 9.17) is 5.21 Å². The molecule has 0 bridgehead atoms. The predicted molar refractivity (Wildman–Crippen MR) is 55.5 cm³/mol. The van der Waals surface area contributed by atoms with E-state index in [2.05, 4.69) is 17.7 Å². The van der Waals surface area contributed by atoms with Crippen molar-refractivity contribution in [1.82, 2.24) is 10.8 Å². The highest BCUT2D eigenvalue weighted by Gasteiger charge is 2.23. The van der Waals surface area contributed by atoms with Gasteiger partial charge in [-0.1, -0.05) is 13.3 Å². The maximum atomic E-state index is 8.61. The third kappa shape index (κ3) is 3.53. The van der Waals surface area contributed by atoms with Gasteiger partial charge in [-0.2, -0.15) is 5.48 Å². The SMILES string of the molecule is CCCCSC1CNC(NO)S1. The molecule has 0 amide bonds. The molecule has 12 heavy (non-hydrogen) atoms. The summed E-state index contributed by atoms with van der Waals surface area (Å²) in [7, 11) is 0. The number of rotatable bonds is 5. The molecule has 0 saturated carbocycles. The molecule has 0 aliphatic carbocycles. The number of hydrogen-bond acceptors (Lipinski definition) is 5. The van der Waals surface area contributed by atoms with Gasteiger partial charge in [0.05, 0.1) is 4.58 Å². The predicted octanol–water partition coefficient (Wildman–Crippen LogP) is 1.44. The Balaban J connectivity index is 2.03. The highest BCUT2D eigenvalue weighted by Crippen LogP contribution is 2.30. The average molecular weight is 208 g/mol. The maximum absolute atomic E-state index is 8.61. The van der Waals surface area contributed by atoms with E-state index in [0.29, 0.717) is 4.58 Å². The van der Waals surface area contributed by atoms with Crippen molar-refractivity contribution in [3.8, 4) is 0 Å². The summed E-state index contributed by atoms with van der Waals surface area (Å²) in [6.45, 7) is 3.19. The van der Waals surface area contributed by atoms with Crippen LogP contribution in [0.3, 0.4) is 0 Å². The fourth-order valence-electron chi connectivity index (χ4n) is 0.985. The molecule has 1 heterocycles. The molecule has 5 heteroatoms. The lowest BCUT2D eigenvalue weighted by Crippen LogP contribution is -2.32. The molecule has 2 unspecified atom stereocenters. The van der Waals surface area contributed by atoms with Gasteiger partial charge in [0.2, 0.25) is 0 Å². The van der Waals surface area contributed by atoms with Crippen molar-refractivity contribution in [2.45, 2.75) is 29.8 Å². The van der Waals surface area contributed by atoms with Crippen LogP contribution in [-0.4, -0.2) is 27.6 Å². The van der Waals surface area contributed by atoms with Gasteiger partial charge in [0.25, 0.3) is 0 Å². The van der Waals surface area contributed by atoms with Gasteiger partial charge < -0.3 is 5.21 Å². The first-order chi connectivity index (χ1) is 5.86. The second kappa shape index (κ2) is 6.10. The van der Waals surface area contributed by atoms with Crippen LogP contribution in [0.2, 0.25) is 0 Å². The van der Waals surface area contributed by atoms with E-state index < -0.39 is 0 Å². The second-order valence-corrected chi connectivity index (χ2v) is 5.63. The van der Waals surface area contributed by atoms with Crippen molar-refractivity contribution in [2.24, 2.45) is 0 Å². The standard InChI is InChI=1S/C7H16N2OS2/c1-2-3-4-11-6-5-8-7(9-10)12-6/h6-10H,2-5H2,1H3. The first-order valence-corrected chi connectivity index (χ1v) is 6.26. The molecule has 0 radical (unpaired) electrons. The topological polar surface area (TPSA) is 44.3 Å². The number of hydrogen-bond donors (Lipinski definition) is 3. The Morgan fingerprint density at radius 3 is 3.17 bits per heavy atom. The fourth-order valence-corrected chi connectivity index (χ4v) is 3.60. The molecule has 1 saturated heterocycles. The Hall–Kier alpha value is 0.580. The summed E-state index contributed by atoms with van der Waals surface area (Å²) >= 11 is 3.73. The zero-order valence-electron chi connectivity index (χ0n) is 7.25. The second-order valence-electron chi connectivity index (χ2n) is 2.71. The van der Waals surface area contributed by atoms with Crippen LogP contribution in [0.15, 0.2) is 0 Å². The van der Waals surface area contributed by atoms with Gasteiger partial charge in [0, 0.05) is 6.54 Å². The Kier molecular flexibility index (Phi) is 5.42. The molecule has 0 spiro atoms. The minimum absolute atomic E-state index is 0.0316. The van der Waals surface area contributed by atoms with Gasteiger partial charge in [-0.15, -0.1) is 23.5 Å². The molecule has 3 N–H and O–H groups in total. The van der Waals surface area contributed by atoms with Crippen molar-refractivity contribution in [1.29, 1.82) is 0 Å². The van der Waals surface area contributed by atoms with E-state index in [0.717, 1.165) is 6.54 Å². The summed E-state index contributed by atoms with van der Waals surface area (Å²) < 4.78 is 0.598. The van der Waals surface area contributed by atoms with Gasteiger partial charge in [-0.05, 0) is 12.2 Å². The van der Waals surface area contributed by atoms with E-state index in [-0.39, 0.29) is 5.50 Å². The molecular formula is C7H16N2OS2. The van der Waals surface area contributed by atoms with Crippen molar-refractivity contribution < 1.29 is 5.21 Å². The largest absolute Gasteiger partial charge is 0.314 e. The molecule has 1 aliphatic heterocycles. The number of thioether (sulfide) groups is 2. The summed E-state index contributed by atoms with van der Waals surface area (Å²) in [6, 6.07) is 0. The van der Waals surface area contributed by atoms with Crippen LogP contribution >= 0.6 is 23.5 Å². The van der Waals surface area contributed by atoms with Crippen LogP contribution in [0.25, 0.3) is 0 Å². The normalized spacial score (nSPS) is 29.5. The molecule has 72 valence electrons. The lowest BCUT2D eigenvalue weighted by Gasteiger charge is -2.07. The molecule has 0 aromatic carbocycles. The molecule has 0 aromatic rings. The van der Waals surface area contributed by atoms with E-state index >= 15 is 0 Å². The molecule has 0 aromatic heterocycles. The monoisotopic (exact) mass is 208 g/mol. The van der Waals surface area contributed by atoms with Gasteiger partial charge in [0.1, 0.15) is 5.50 Å². The molecule has 1 fully saturated rings. The van der Waals surface area contributed by atoms with Gasteiger partial charge >= 0.3 is 0 Å². The van der Waals surface area contributed by atoms with Crippen LogP contribution in [0.5, 0.6) is 0 Å².